The van der Waals surface area contributed by atoms with E-state index in [9.17, 15) is 0 Å². The summed E-state index contributed by atoms with van der Waals surface area (Å²) in [7, 11) is 0. The van der Waals surface area contributed by atoms with Gasteiger partial charge in [-0.15, -0.1) is 11.3 Å². The van der Waals surface area contributed by atoms with Crippen molar-refractivity contribution in [3.05, 3.63) is 212 Å². The lowest BCUT2D eigenvalue weighted by atomic mass is 9.95. The van der Waals surface area contributed by atoms with E-state index < -0.39 is 0 Å². The van der Waals surface area contributed by atoms with Crippen LogP contribution in [0.25, 0.3) is 121 Å². The first-order valence-electron chi connectivity index (χ1n) is 20.7. The molecule has 12 rings (SSSR count). The average molecular weight is 810 g/mol. The van der Waals surface area contributed by atoms with Crippen LogP contribution in [0.1, 0.15) is 0 Å². The van der Waals surface area contributed by atoms with Crippen LogP contribution in [0.15, 0.2) is 217 Å². The Morgan fingerprint density at radius 2 is 0.806 bits per heavy atom. The third-order valence-electron chi connectivity index (χ3n) is 11.8. The Balaban J connectivity index is 0.954. The van der Waals surface area contributed by atoms with Crippen molar-refractivity contribution in [2.24, 2.45) is 0 Å². The molecular weight excluding hydrogens is 775 g/mol. The van der Waals surface area contributed by atoms with E-state index in [0.717, 1.165) is 60.7 Å². The molecule has 0 unspecified atom stereocenters. The van der Waals surface area contributed by atoms with E-state index in [1.165, 1.54) is 42.6 Å². The molecule has 0 aliphatic carbocycles. The second-order valence-corrected chi connectivity index (χ2v) is 16.6. The third kappa shape index (κ3) is 6.35. The van der Waals surface area contributed by atoms with Gasteiger partial charge in [0.2, 0.25) is 0 Å². The summed E-state index contributed by atoms with van der Waals surface area (Å²) in [6.45, 7) is 0. The molecule has 0 aliphatic rings. The van der Waals surface area contributed by atoms with Gasteiger partial charge >= 0.3 is 0 Å². The molecule has 0 fully saturated rings. The van der Waals surface area contributed by atoms with Crippen LogP contribution in [0.5, 0.6) is 0 Å². The third-order valence-corrected chi connectivity index (χ3v) is 12.9. The molecule has 12 aromatic rings. The van der Waals surface area contributed by atoms with Gasteiger partial charge in [-0.2, -0.15) is 0 Å². The van der Waals surface area contributed by atoms with E-state index >= 15 is 0 Å². The average Bonchev–Trinajstić information content (AvgIpc) is 3.93. The van der Waals surface area contributed by atoms with Crippen LogP contribution in [-0.4, -0.2) is 15.0 Å². The van der Waals surface area contributed by atoms with Crippen molar-refractivity contribution in [1.29, 1.82) is 0 Å². The maximum atomic E-state index is 6.38. The zero-order chi connectivity index (χ0) is 41.0. The number of furan rings is 1. The highest BCUT2D eigenvalue weighted by atomic mass is 32.1. The van der Waals surface area contributed by atoms with Gasteiger partial charge in [0.05, 0.1) is 0 Å². The summed E-state index contributed by atoms with van der Waals surface area (Å²) < 4.78 is 8.79. The number of hydrogen-bond donors (Lipinski definition) is 0. The number of hydrogen-bond acceptors (Lipinski definition) is 5. The van der Waals surface area contributed by atoms with Gasteiger partial charge in [-0.3, -0.25) is 0 Å². The van der Waals surface area contributed by atoms with Gasteiger partial charge in [0, 0.05) is 53.2 Å². The SMILES string of the molecule is c1ccc(-c2cccc(-c3cccc(-c4ccc5sc6cccc(-c7nc(-c8ccccc8)nc(-c8ccc(-c9cccc%10c9oc9ccccc9%10)cc8)n7)c6c5c4)c3)c2)cc1. The molecule has 0 saturated carbocycles. The summed E-state index contributed by atoms with van der Waals surface area (Å²) in [6, 6.07) is 74.7. The molecule has 0 spiro atoms. The number of aromatic nitrogens is 3. The second kappa shape index (κ2) is 14.9. The molecule has 4 nitrogen and oxygen atoms in total. The van der Waals surface area contributed by atoms with E-state index in [-0.39, 0.29) is 0 Å². The predicted octanol–water partition coefficient (Wildman–Crippen LogP) is 15.8. The standard InChI is InChI=1S/C57H35N3OS/c1-3-13-36(14-4-1)40-17-9-18-41(33-40)42-19-10-20-43(34-42)44-31-32-51-49(35-44)53-48(24-12-26-52(53)62-51)57-59-55(38-15-5-2-6-16-38)58-56(60-57)39-29-27-37(28-30-39)45-22-11-23-47-46-21-7-8-25-50(46)61-54(45)47/h1-35H. The molecule has 3 aromatic heterocycles. The van der Waals surface area contributed by atoms with Crippen molar-refractivity contribution in [1.82, 2.24) is 15.0 Å². The number of benzene rings is 9. The Hall–Kier alpha value is -7.99. The second-order valence-electron chi connectivity index (χ2n) is 15.5. The number of fused-ring (bicyclic) bond motifs is 6. The van der Waals surface area contributed by atoms with Gasteiger partial charge in [-0.1, -0.05) is 176 Å². The zero-order valence-electron chi connectivity index (χ0n) is 33.4. The lowest BCUT2D eigenvalue weighted by Gasteiger charge is -2.11. The first-order chi connectivity index (χ1) is 30.7. The molecule has 62 heavy (non-hydrogen) atoms. The van der Waals surface area contributed by atoms with Gasteiger partial charge in [-0.05, 0) is 75.3 Å². The first kappa shape index (κ1) is 35.9. The largest absolute Gasteiger partial charge is 0.455 e. The summed E-state index contributed by atoms with van der Waals surface area (Å²) in [5, 5.41) is 4.55. The van der Waals surface area contributed by atoms with E-state index in [1.54, 1.807) is 11.3 Å². The maximum Gasteiger partial charge on any atom is 0.164 e. The van der Waals surface area contributed by atoms with Crippen LogP contribution in [-0.2, 0) is 0 Å². The summed E-state index contributed by atoms with van der Waals surface area (Å²) >= 11 is 1.80. The minimum atomic E-state index is 0.618. The molecule has 0 radical (unpaired) electrons. The van der Waals surface area contributed by atoms with E-state index in [2.05, 4.69) is 182 Å². The lowest BCUT2D eigenvalue weighted by Crippen LogP contribution is -2.00. The monoisotopic (exact) mass is 809 g/mol. The molecule has 0 saturated heterocycles. The first-order valence-corrected chi connectivity index (χ1v) is 21.6. The Bertz CT molecular complexity index is 3630. The number of thiophene rings is 1. The summed E-state index contributed by atoms with van der Waals surface area (Å²) in [4.78, 5) is 15.5. The molecular formula is C57H35N3OS. The Morgan fingerprint density at radius 1 is 0.306 bits per heavy atom. The lowest BCUT2D eigenvalue weighted by molar-refractivity contribution is 0.670. The van der Waals surface area contributed by atoms with Crippen LogP contribution in [0, 0.1) is 0 Å². The Kier molecular flexibility index (Phi) is 8.65. The van der Waals surface area contributed by atoms with Crippen LogP contribution < -0.4 is 0 Å². The summed E-state index contributed by atoms with van der Waals surface area (Å²) in [5.41, 5.74) is 13.8. The predicted molar refractivity (Wildman–Crippen MR) is 258 cm³/mol. The molecule has 9 aromatic carbocycles. The van der Waals surface area contributed by atoms with Crippen molar-refractivity contribution in [2.45, 2.75) is 0 Å². The maximum absolute atomic E-state index is 6.38. The van der Waals surface area contributed by atoms with Crippen molar-refractivity contribution in [3.8, 4) is 78.7 Å². The van der Waals surface area contributed by atoms with Gasteiger partial charge in [-0.25, -0.2) is 15.0 Å². The Morgan fingerprint density at radius 3 is 1.53 bits per heavy atom. The smallest absolute Gasteiger partial charge is 0.164 e. The van der Waals surface area contributed by atoms with E-state index in [4.69, 9.17) is 19.4 Å². The Labute approximate surface area is 362 Å². The summed E-state index contributed by atoms with van der Waals surface area (Å²) in [5.74, 6) is 1.89. The van der Waals surface area contributed by atoms with Crippen LogP contribution >= 0.6 is 11.3 Å². The highest BCUT2D eigenvalue weighted by Crippen LogP contribution is 2.42. The van der Waals surface area contributed by atoms with Gasteiger partial charge in [0.15, 0.2) is 17.5 Å². The molecule has 5 heteroatoms. The van der Waals surface area contributed by atoms with Crippen molar-refractivity contribution < 1.29 is 4.42 Å². The zero-order valence-corrected chi connectivity index (χ0v) is 34.2. The highest BCUT2D eigenvalue weighted by molar-refractivity contribution is 7.26. The van der Waals surface area contributed by atoms with Crippen molar-refractivity contribution in [2.75, 3.05) is 0 Å². The van der Waals surface area contributed by atoms with Gasteiger partial charge in [0.1, 0.15) is 11.2 Å². The van der Waals surface area contributed by atoms with Gasteiger partial charge < -0.3 is 4.42 Å². The summed E-state index contributed by atoms with van der Waals surface area (Å²) in [6.07, 6.45) is 0. The van der Waals surface area contributed by atoms with Crippen LogP contribution in [0.2, 0.25) is 0 Å². The van der Waals surface area contributed by atoms with E-state index in [0.29, 0.717) is 17.5 Å². The van der Waals surface area contributed by atoms with E-state index in [1.807, 2.05) is 30.3 Å². The fraction of sp³-hybridized carbons (Fsp3) is 0. The topological polar surface area (TPSA) is 51.8 Å². The minimum Gasteiger partial charge on any atom is -0.455 e. The van der Waals surface area contributed by atoms with Gasteiger partial charge in [0.25, 0.3) is 0 Å². The number of para-hydroxylation sites is 2. The fourth-order valence-corrected chi connectivity index (χ4v) is 9.81. The van der Waals surface area contributed by atoms with Crippen molar-refractivity contribution in [3.63, 3.8) is 0 Å². The van der Waals surface area contributed by atoms with Crippen LogP contribution in [0.3, 0.4) is 0 Å². The molecule has 0 N–H and O–H groups in total. The molecule has 0 aliphatic heterocycles. The van der Waals surface area contributed by atoms with Crippen molar-refractivity contribution >= 4 is 53.4 Å². The minimum absolute atomic E-state index is 0.618. The molecule has 290 valence electrons. The highest BCUT2D eigenvalue weighted by Gasteiger charge is 2.19. The molecule has 3 heterocycles. The fourth-order valence-electron chi connectivity index (χ4n) is 8.70. The quantitative estimate of drug-likeness (QED) is 0.161. The number of nitrogens with zero attached hydrogens (tertiary/aromatic N) is 3. The van der Waals surface area contributed by atoms with Crippen LogP contribution in [0.4, 0.5) is 0 Å². The normalized spacial score (nSPS) is 11.5. The molecule has 0 atom stereocenters. The molecule has 0 bridgehead atoms. The molecule has 0 amide bonds. The number of rotatable bonds is 7.